The molecular weight excluding hydrogens is 235 g/mol. The van der Waals surface area contributed by atoms with E-state index in [1.807, 2.05) is 0 Å². The summed E-state index contributed by atoms with van der Waals surface area (Å²) in [6, 6.07) is 0. The Morgan fingerprint density at radius 2 is 2.07 bits per heavy atom. The number of alkyl halides is 3. The zero-order valence-corrected chi connectivity index (χ0v) is 8.87. The molecule has 1 N–H and O–H groups in total. The van der Waals surface area contributed by atoms with Crippen LogP contribution in [0.1, 0.15) is 13.8 Å². The van der Waals surface area contributed by atoms with Crippen LogP contribution in [0.3, 0.4) is 0 Å². The van der Waals surface area contributed by atoms with Crippen LogP contribution in [0.5, 0.6) is 0 Å². The van der Waals surface area contributed by atoms with Crippen LogP contribution < -0.4 is 0 Å². The van der Waals surface area contributed by atoms with Crippen molar-refractivity contribution < 1.29 is 27.4 Å². The van der Waals surface area contributed by atoms with Crippen LogP contribution in [-0.2, 0) is 14.3 Å². The minimum Gasteiger partial charge on any atom is -0.461 e. The molecule has 0 aliphatic carbocycles. The third-order valence-corrected chi connectivity index (χ3v) is 1.87. The van der Waals surface area contributed by atoms with E-state index in [0.29, 0.717) is 11.8 Å². The smallest absolute Gasteiger partial charge is 0.461 e. The number of thioether (sulfide) groups is 1. The number of ether oxygens (including phenoxy) is 2. The van der Waals surface area contributed by atoms with E-state index in [1.165, 1.54) is 6.92 Å². The quantitative estimate of drug-likeness (QED) is 0.358. The first-order valence-corrected chi connectivity index (χ1v) is 4.81. The van der Waals surface area contributed by atoms with Crippen molar-refractivity contribution in [2.45, 2.75) is 25.6 Å². The average molecular weight is 245 g/mol. The highest BCUT2D eigenvalue weighted by Crippen LogP contribution is 2.24. The highest BCUT2D eigenvalue weighted by Gasteiger charge is 2.33. The van der Waals surface area contributed by atoms with Crippen LogP contribution in [0.15, 0.2) is 0 Å². The van der Waals surface area contributed by atoms with Crippen LogP contribution in [0.25, 0.3) is 0 Å². The van der Waals surface area contributed by atoms with Gasteiger partial charge in [0.1, 0.15) is 5.44 Å². The number of hydrogen-bond acceptors (Lipinski definition) is 5. The van der Waals surface area contributed by atoms with Crippen molar-refractivity contribution in [3.8, 4) is 0 Å². The lowest BCUT2D eigenvalue weighted by atomic mass is 10.7. The lowest BCUT2D eigenvalue weighted by molar-refractivity contribution is -0.328. The number of carbonyl (C=O) groups is 1. The Hall–Kier alpha value is -0.760. The fraction of sp³-hybridized carbons (Fsp3) is 0.714. The third kappa shape index (κ3) is 7.20. The van der Waals surface area contributed by atoms with Gasteiger partial charge in [-0.05, 0) is 13.8 Å². The van der Waals surface area contributed by atoms with Crippen molar-refractivity contribution in [3.63, 3.8) is 0 Å². The van der Waals surface area contributed by atoms with Crippen molar-refractivity contribution in [2.24, 2.45) is 0 Å². The molecule has 4 nitrogen and oxygen atoms in total. The molecule has 0 fully saturated rings. The first-order chi connectivity index (χ1) is 6.76. The normalized spacial score (nSPS) is 13.4. The van der Waals surface area contributed by atoms with Crippen molar-refractivity contribution in [2.75, 3.05) is 6.61 Å². The van der Waals surface area contributed by atoms with Crippen molar-refractivity contribution in [3.05, 3.63) is 0 Å². The zero-order valence-electron chi connectivity index (χ0n) is 8.05. The van der Waals surface area contributed by atoms with Crippen molar-refractivity contribution >= 4 is 22.8 Å². The van der Waals surface area contributed by atoms with Crippen LogP contribution in [-0.4, -0.2) is 29.4 Å². The van der Waals surface area contributed by atoms with E-state index in [9.17, 15) is 18.0 Å². The van der Waals surface area contributed by atoms with E-state index in [4.69, 9.17) is 5.41 Å². The summed E-state index contributed by atoms with van der Waals surface area (Å²) in [5.41, 5.74) is -1.36. The fourth-order valence-corrected chi connectivity index (χ4v) is 1.27. The van der Waals surface area contributed by atoms with Gasteiger partial charge in [0, 0.05) is 0 Å². The highest BCUT2D eigenvalue weighted by atomic mass is 32.2. The Balaban J connectivity index is 4.02. The summed E-state index contributed by atoms with van der Waals surface area (Å²) in [7, 11) is 0. The van der Waals surface area contributed by atoms with Gasteiger partial charge in [-0.25, -0.2) is 4.79 Å². The number of esters is 1. The van der Waals surface area contributed by atoms with E-state index >= 15 is 0 Å². The van der Waals surface area contributed by atoms with Gasteiger partial charge in [-0.15, -0.1) is 13.2 Å². The average Bonchev–Trinajstić information content (AvgIpc) is 2.00. The molecule has 0 aliphatic heterocycles. The van der Waals surface area contributed by atoms with Crippen molar-refractivity contribution in [1.82, 2.24) is 0 Å². The molecule has 0 aromatic heterocycles. The molecule has 1 atom stereocenters. The maximum absolute atomic E-state index is 11.7. The molecule has 8 heteroatoms. The number of nitrogens with one attached hydrogen (secondary N) is 1. The molecule has 0 spiro atoms. The van der Waals surface area contributed by atoms with E-state index in [1.54, 1.807) is 0 Å². The summed E-state index contributed by atoms with van der Waals surface area (Å²) in [6.45, 7) is 2.69. The lowest BCUT2D eigenvalue weighted by Gasteiger charge is -2.14. The second-order valence-electron chi connectivity index (χ2n) is 2.30. The molecule has 0 rings (SSSR count). The van der Waals surface area contributed by atoms with Gasteiger partial charge < -0.3 is 4.74 Å². The van der Waals surface area contributed by atoms with Crippen LogP contribution >= 0.6 is 11.8 Å². The molecule has 0 radical (unpaired) electrons. The molecule has 0 amide bonds. The predicted molar refractivity (Wildman–Crippen MR) is 48.6 cm³/mol. The number of halogens is 3. The summed E-state index contributed by atoms with van der Waals surface area (Å²) < 4.78 is 43.0. The molecule has 0 saturated heterocycles. The van der Waals surface area contributed by atoms with E-state index in [0.717, 1.165) is 6.92 Å². The zero-order chi connectivity index (χ0) is 12.1. The summed E-state index contributed by atoms with van der Waals surface area (Å²) in [4.78, 5) is 10.8. The van der Waals surface area contributed by atoms with Crippen molar-refractivity contribution in [1.29, 1.82) is 5.41 Å². The molecular formula is C7H10F3NO3S. The van der Waals surface area contributed by atoms with Gasteiger partial charge in [0.15, 0.2) is 5.04 Å². The largest absolute Gasteiger partial charge is 0.523 e. The number of hydrogen-bond donors (Lipinski definition) is 1. The Bertz CT molecular complexity index is 244. The van der Waals surface area contributed by atoms with Crippen LogP contribution in [0.2, 0.25) is 0 Å². The first kappa shape index (κ1) is 14.2. The Morgan fingerprint density at radius 1 is 1.53 bits per heavy atom. The highest BCUT2D eigenvalue weighted by molar-refractivity contribution is 8.15. The Morgan fingerprint density at radius 3 is 2.47 bits per heavy atom. The molecule has 0 aromatic rings. The third-order valence-electron chi connectivity index (χ3n) is 1.04. The fourth-order valence-electron chi connectivity index (χ4n) is 0.623. The van der Waals surface area contributed by atoms with Gasteiger partial charge in [-0.3, -0.25) is 10.1 Å². The maximum atomic E-state index is 11.7. The van der Waals surface area contributed by atoms with E-state index in [2.05, 4.69) is 9.47 Å². The van der Waals surface area contributed by atoms with Crippen LogP contribution in [0.4, 0.5) is 13.2 Å². The minimum atomic E-state index is -4.78. The Kier molecular flexibility index (Phi) is 5.66. The SMILES string of the molecule is CCOC(=O)C(=N)SC(C)OC(F)(F)F. The molecule has 0 heterocycles. The van der Waals surface area contributed by atoms with Crippen LogP contribution in [0, 0.1) is 5.41 Å². The topological polar surface area (TPSA) is 59.4 Å². The second kappa shape index (κ2) is 5.96. The second-order valence-corrected chi connectivity index (χ2v) is 3.61. The maximum Gasteiger partial charge on any atom is 0.523 e. The van der Waals surface area contributed by atoms with Gasteiger partial charge in [0.2, 0.25) is 0 Å². The van der Waals surface area contributed by atoms with Gasteiger partial charge in [0.25, 0.3) is 0 Å². The summed E-state index contributed by atoms with van der Waals surface area (Å²) >= 11 is 0.341. The van der Waals surface area contributed by atoms with Gasteiger partial charge in [0.05, 0.1) is 6.61 Å². The molecule has 1 unspecified atom stereocenters. The lowest BCUT2D eigenvalue weighted by Crippen LogP contribution is -2.22. The monoisotopic (exact) mass is 245 g/mol. The molecule has 88 valence electrons. The molecule has 0 aliphatic rings. The predicted octanol–water partition coefficient (Wildman–Crippen LogP) is 2.14. The minimum absolute atomic E-state index is 0.0658. The molecule has 0 saturated carbocycles. The summed E-state index contributed by atoms with van der Waals surface area (Å²) in [5, 5.41) is 6.46. The summed E-state index contributed by atoms with van der Waals surface area (Å²) in [5.74, 6) is -0.958. The van der Waals surface area contributed by atoms with E-state index < -0.39 is 22.8 Å². The van der Waals surface area contributed by atoms with Gasteiger partial charge in [-0.1, -0.05) is 11.8 Å². The molecule has 15 heavy (non-hydrogen) atoms. The Labute approximate surface area is 88.6 Å². The first-order valence-electron chi connectivity index (χ1n) is 3.93. The standard InChI is InChI=1S/C7H10F3NO3S/c1-3-13-6(12)5(11)15-4(2)14-7(8,9)10/h4,11H,3H2,1-2H3. The molecule has 0 aromatic carbocycles. The number of carbonyl (C=O) groups excluding carboxylic acids is 1. The van der Waals surface area contributed by atoms with Gasteiger partial charge in [-0.2, -0.15) is 0 Å². The summed E-state index contributed by atoms with van der Waals surface area (Å²) in [6.07, 6.45) is -4.78. The molecule has 0 bridgehead atoms. The number of rotatable bonds is 3. The van der Waals surface area contributed by atoms with E-state index in [-0.39, 0.29) is 6.61 Å². The van der Waals surface area contributed by atoms with Gasteiger partial charge >= 0.3 is 12.3 Å².